The van der Waals surface area contributed by atoms with Crippen molar-refractivity contribution in [3.05, 3.63) is 296 Å². The van der Waals surface area contributed by atoms with E-state index in [1.54, 1.807) is 0 Å². The summed E-state index contributed by atoms with van der Waals surface area (Å²) in [6.07, 6.45) is 17.9. The van der Waals surface area contributed by atoms with Gasteiger partial charge in [-0.05, 0) is 179 Å². The van der Waals surface area contributed by atoms with Gasteiger partial charge in [0.25, 0.3) is 0 Å². The van der Waals surface area contributed by atoms with E-state index in [0.29, 0.717) is 13.2 Å². The average molecular weight is 1220 g/mol. The zero-order valence-corrected chi connectivity index (χ0v) is 50.6. The Morgan fingerprint density at radius 1 is 0.349 bits per heavy atom. The molecule has 0 aromatic heterocycles. The van der Waals surface area contributed by atoms with E-state index in [-0.39, 0.29) is 0 Å². The number of unbranched alkanes of at least 4 members (excludes halogenated alkanes) is 6. The van der Waals surface area contributed by atoms with Crippen molar-refractivity contribution in [2.75, 3.05) is 23.0 Å². The minimum Gasteiger partial charge on any atom is -0.493 e. The molecule has 83 heavy (non-hydrogen) atoms. The van der Waals surface area contributed by atoms with E-state index in [1.807, 2.05) is 0 Å². The molecule has 0 aliphatic heterocycles. The highest BCUT2D eigenvalue weighted by Gasteiger charge is 2.47. The molecule has 1 aliphatic carbocycles. The molecule has 0 fully saturated rings. The molecule has 0 N–H and O–H groups in total. The summed E-state index contributed by atoms with van der Waals surface area (Å²) in [5.41, 5.74) is 17.2. The summed E-state index contributed by atoms with van der Waals surface area (Å²) >= 11 is 7.94. The van der Waals surface area contributed by atoms with Crippen LogP contribution in [-0.4, -0.2) is 13.2 Å². The average Bonchev–Trinajstić information content (AvgIpc) is 2.29. The summed E-state index contributed by atoms with van der Waals surface area (Å²) in [5, 5.41) is 0. The third-order valence-electron chi connectivity index (χ3n) is 15.7. The van der Waals surface area contributed by atoms with Crippen LogP contribution in [-0.2, 0) is 5.41 Å². The van der Waals surface area contributed by atoms with Crippen LogP contribution in [0.5, 0.6) is 11.5 Å². The normalized spacial score (nSPS) is 12.3. The molecule has 1 aliphatic rings. The number of para-hydroxylation sites is 4. The quantitative estimate of drug-likeness (QED) is 0.0445. The van der Waals surface area contributed by atoms with Crippen LogP contribution in [0.4, 0.5) is 34.1 Å². The molecule has 0 saturated carbocycles. The SMILES string of the molecule is CCCCCCOc1ccc(C2(c3ccc(OCCCCCC)c(/C=C/c4ccc(N(c5ccccc5)c5ccccc5)cc4)c3)c3cc(Br)ccc3-c3ccc(Br)cc32)cc1/C=C/c1ccc(N(c2ccccc2)c2ccccc2)cc1. The van der Waals surface area contributed by atoms with Crippen LogP contribution in [0.15, 0.2) is 252 Å². The molecule has 11 rings (SSSR count). The second-order valence-electron chi connectivity index (χ2n) is 21.3. The van der Waals surface area contributed by atoms with Crippen LogP contribution in [0.25, 0.3) is 35.4 Å². The predicted molar refractivity (Wildman–Crippen MR) is 359 cm³/mol. The van der Waals surface area contributed by atoms with Gasteiger partial charge in [-0.15, -0.1) is 0 Å². The summed E-state index contributed by atoms with van der Waals surface area (Å²) in [6.45, 7) is 5.80. The van der Waals surface area contributed by atoms with Gasteiger partial charge in [0.05, 0.1) is 18.6 Å². The topological polar surface area (TPSA) is 24.9 Å². The molecule has 6 heteroatoms. The van der Waals surface area contributed by atoms with Crippen molar-refractivity contribution >= 4 is 90.3 Å². The number of fused-ring (bicyclic) bond motifs is 3. The Morgan fingerprint density at radius 3 is 1.05 bits per heavy atom. The number of hydrogen-bond donors (Lipinski definition) is 0. The zero-order chi connectivity index (χ0) is 56.8. The first kappa shape index (κ1) is 56.7. The van der Waals surface area contributed by atoms with Crippen molar-refractivity contribution in [3.63, 3.8) is 0 Å². The smallest absolute Gasteiger partial charge is 0.126 e. The number of anilines is 6. The fourth-order valence-electron chi connectivity index (χ4n) is 11.6. The maximum atomic E-state index is 6.79. The Balaban J connectivity index is 1.02. The fraction of sp³-hybridized carbons (Fsp3) is 0.169. The molecule has 0 spiro atoms. The maximum absolute atomic E-state index is 6.79. The van der Waals surface area contributed by atoms with Crippen molar-refractivity contribution < 1.29 is 9.47 Å². The maximum Gasteiger partial charge on any atom is 0.126 e. The van der Waals surface area contributed by atoms with E-state index in [0.717, 1.165) is 114 Å². The minimum absolute atomic E-state index is 0.650. The lowest BCUT2D eigenvalue weighted by Gasteiger charge is -2.35. The van der Waals surface area contributed by atoms with Gasteiger partial charge in [0.2, 0.25) is 0 Å². The number of halogens is 2. The van der Waals surface area contributed by atoms with Crippen LogP contribution in [0.3, 0.4) is 0 Å². The van der Waals surface area contributed by atoms with Crippen molar-refractivity contribution in [3.8, 4) is 22.6 Å². The van der Waals surface area contributed by atoms with Crippen molar-refractivity contribution in [2.24, 2.45) is 0 Å². The van der Waals surface area contributed by atoms with E-state index in [2.05, 4.69) is 322 Å². The lowest BCUT2D eigenvalue weighted by Crippen LogP contribution is -2.29. The Morgan fingerprint density at radius 2 is 0.699 bits per heavy atom. The molecule has 0 saturated heterocycles. The van der Waals surface area contributed by atoms with Crippen molar-refractivity contribution in [1.29, 1.82) is 0 Å². The largest absolute Gasteiger partial charge is 0.493 e. The molecular weight excluding hydrogens is 1140 g/mol. The predicted octanol–water partition coefficient (Wildman–Crippen LogP) is 22.8. The second kappa shape index (κ2) is 27.3. The molecule has 0 atom stereocenters. The van der Waals surface area contributed by atoms with Crippen LogP contribution in [0.1, 0.15) is 110 Å². The highest BCUT2D eigenvalue weighted by atomic mass is 79.9. The Labute approximate surface area is 508 Å². The first-order valence-electron chi connectivity index (χ1n) is 29.4. The molecule has 0 amide bonds. The van der Waals surface area contributed by atoms with Gasteiger partial charge < -0.3 is 19.3 Å². The molecule has 0 bridgehead atoms. The van der Waals surface area contributed by atoms with E-state index < -0.39 is 5.41 Å². The highest BCUT2D eigenvalue weighted by molar-refractivity contribution is 9.10. The monoisotopic (exact) mass is 1210 g/mol. The van der Waals surface area contributed by atoms with Gasteiger partial charge in [0.15, 0.2) is 0 Å². The van der Waals surface area contributed by atoms with E-state index in [9.17, 15) is 0 Å². The third kappa shape index (κ3) is 12.9. The number of rotatable bonds is 24. The van der Waals surface area contributed by atoms with Crippen LogP contribution >= 0.6 is 31.9 Å². The molecular formula is C77H70Br2N2O2. The van der Waals surface area contributed by atoms with Gasteiger partial charge >= 0.3 is 0 Å². The number of hydrogen-bond acceptors (Lipinski definition) is 4. The molecule has 0 unspecified atom stereocenters. The van der Waals surface area contributed by atoms with Crippen LogP contribution in [0, 0.1) is 0 Å². The molecule has 0 radical (unpaired) electrons. The second-order valence-corrected chi connectivity index (χ2v) is 23.1. The molecule has 10 aromatic carbocycles. The van der Waals surface area contributed by atoms with Gasteiger partial charge in [-0.2, -0.15) is 0 Å². The first-order chi connectivity index (χ1) is 40.9. The van der Waals surface area contributed by atoms with E-state index in [1.165, 1.54) is 47.9 Å². The van der Waals surface area contributed by atoms with Gasteiger partial charge in [-0.3, -0.25) is 0 Å². The van der Waals surface area contributed by atoms with Crippen LogP contribution in [0.2, 0.25) is 0 Å². The molecule has 414 valence electrons. The van der Waals surface area contributed by atoms with E-state index in [4.69, 9.17) is 9.47 Å². The lowest BCUT2D eigenvalue weighted by atomic mass is 9.67. The molecule has 4 nitrogen and oxygen atoms in total. The molecule has 0 heterocycles. The first-order valence-corrected chi connectivity index (χ1v) is 31.0. The Bertz CT molecular complexity index is 3460. The van der Waals surface area contributed by atoms with Gasteiger partial charge in [0.1, 0.15) is 11.5 Å². The number of nitrogens with zero attached hydrogens (tertiary/aromatic N) is 2. The molecule has 10 aromatic rings. The van der Waals surface area contributed by atoms with Gasteiger partial charge in [-0.1, -0.05) is 230 Å². The van der Waals surface area contributed by atoms with Crippen molar-refractivity contribution in [1.82, 2.24) is 0 Å². The Kier molecular flexibility index (Phi) is 18.6. The zero-order valence-electron chi connectivity index (χ0n) is 47.4. The minimum atomic E-state index is -0.747. The summed E-state index contributed by atoms with van der Waals surface area (Å²) < 4.78 is 15.6. The van der Waals surface area contributed by atoms with Gasteiger partial charge in [-0.25, -0.2) is 0 Å². The summed E-state index contributed by atoms with van der Waals surface area (Å²) in [4.78, 5) is 4.60. The van der Waals surface area contributed by atoms with Crippen molar-refractivity contribution in [2.45, 2.75) is 70.6 Å². The van der Waals surface area contributed by atoms with E-state index >= 15 is 0 Å². The van der Waals surface area contributed by atoms with Gasteiger partial charge in [0, 0.05) is 54.2 Å². The fourth-order valence-corrected chi connectivity index (χ4v) is 12.3. The lowest BCUT2D eigenvalue weighted by molar-refractivity contribution is 0.304. The number of benzene rings is 10. The standard InChI is InChI=1S/C77H70Br2N2O2/c1-3-5-7-21-51-82-75-49-39-61(53-59(75)37-31-57-33-43-69(44-34-57)80(65-23-13-9-14-24-65)66-25-15-10-16-26-66)77(73-55-63(78)41-47-71(73)72-48-42-64(79)56-74(72)77)62-40-50-76(83-52-22-8-6-4-2)60(54-62)38-32-58-35-45-70(46-36-58)81(67-27-17-11-18-28-67)68-29-19-12-20-30-68/h9-20,23-50,53-56H,3-8,21-22,51-52H2,1-2H3/b37-31+,38-32+. The highest BCUT2D eigenvalue weighted by Crippen LogP contribution is 2.58. The summed E-state index contributed by atoms with van der Waals surface area (Å²) in [6, 6.07) is 87.3. The summed E-state index contributed by atoms with van der Waals surface area (Å²) in [5.74, 6) is 1.73. The third-order valence-corrected chi connectivity index (χ3v) is 16.7. The number of ether oxygens (including phenoxy) is 2. The summed E-state index contributed by atoms with van der Waals surface area (Å²) in [7, 11) is 0. The van der Waals surface area contributed by atoms with Crippen LogP contribution < -0.4 is 19.3 Å². The Hall–Kier alpha value is -8.16.